The summed E-state index contributed by atoms with van der Waals surface area (Å²) < 4.78 is 5.94. The minimum absolute atomic E-state index is 0.184. The zero-order chi connectivity index (χ0) is 18.4. The number of benzene rings is 2. The first kappa shape index (κ1) is 18.9. The van der Waals surface area contributed by atoms with Crippen molar-refractivity contribution in [1.29, 1.82) is 0 Å². The van der Waals surface area contributed by atoms with Crippen molar-refractivity contribution in [1.82, 2.24) is 5.32 Å². The first-order valence-electron chi connectivity index (χ1n) is 7.42. The van der Waals surface area contributed by atoms with E-state index >= 15 is 0 Å². The van der Waals surface area contributed by atoms with Gasteiger partial charge in [0, 0.05) is 22.5 Å². The second-order valence-electron chi connectivity index (χ2n) is 5.31. The van der Waals surface area contributed by atoms with E-state index in [9.17, 15) is 19.5 Å². The molecule has 2 N–H and O–H groups in total. The van der Waals surface area contributed by atoms with Crippen molar-refractivity contribution in [3.63, 3.8) is 0 Å². The number of carbonyl (C=O) groups excluding carboxylic acids is 2. The summed E-state index contributed by atoms with van der Waals surface area (Å²) in [6.07, 6.45) is 0.184. The van der Waals surface area contributed by atoms with Gasteiger partial charge in [0.25, 0.3) is 5.91 Å². The molecule has 0 radical (unpaired) electrons. The van der Waals surface area contributed by atoms with Crippen LogP contribution < -0.4 is 10.1 Å². The van der Waals surface area contributed by atoms with Gasteiger partial charge in [0.15, 0.2) is 0 Å². The zero-order valence-corrected chi connectivity index (χ0v) is 15.5. The third-order valence-corrected chi connectivity index (χ3v) is 4.05. The number of carboxylic acids is 1. The van der Waals surface area contributed by atoms with E-state index < -0.39 is 23.9 Å². The fraction of sp³-hybridized carbons (Fsp3) is 0.167. The fourth-order valence-electron chi connectivity index (χ4n) is 2.14. The van der Waals surface area contributed by atoms with Gasteiger partial charge in [-0.1, -0.05) is 12.1 Å². The summed E-state index contributed by atoms with van der Waals surface area (Å²) >= 11 is 2.16. The molecular formula is C18H16INO5. The molecule has 0 spiro atoms. The summed E-state index contributed by atoms with van der Waals surface area (Å²) in [7, 11) is 0. The highest BCUT2D eigenvalue weighted by Crippen LogP contribution is 2.13. The predicted octanol–water partition coefficient (Wildman–Crippen LogP) is 2.64. The second-order valence-corrected chi connectivity index (χ2v) is 6.56. The molecule has 0 fully saturated rings. The van der Waals surface area contributed by atoms with Crippen LogP contribution in [0.25, 0.3) is 0 Å². The maximum absolute atomic E-state index is 12.3. The molecule has 0 bridgehead atoms. The van der Waals surface area contributed by atoms with Crippen LogP contribution in [0.5, 0.6) is 5.75 Å². The summed E-state index contributed by atoms with van der Waals surface area (Å²) in [6.45, 7) is 1.28. The van der Waals surface area contributed by atoms with Gasteiger partial charge < -0.3 is 15.2 Å². The van der Waals surface area contributed by atoms with E-state index in [1.54, 1.807) is 0 Å². The van der Waals surface area contributed by atoms with Crippen LogP contribution in [-0.2, 0) is 16.0 Å². The lowest BCUT2D eigenvalue weighted by molar-refractivity contribution is -0.139. The number of hydrogen-bond donors (Lipinski definition) is 2. The maximum atomic E-state index is 12.3. The minimum atomic E-state index is -1.11. The quantitative estimate of drug-likeness (QED) is 0.399. The number of halogens is 1. The average Bonchev–Trinajstić information content (AvgIpc) is 2.56. The third-order valence-electron chi connectivity index (χ3n) is 3.33. The van der Waals surface area contributed by atoms with Crippen molar-refractivity contribution in [3.8, 4) is 5.75 Å². The fourth-order valence-corrected chi connectivity index (χ4v) is 2.50. The van der Waals surface area contributed by atoms with Gasteiger partial charge in [0.1, 0.15) is 11.8 Å². The maximum Gasteiger partial charge on any atom is 0.326 e. The molecule has 25 heavy (non-hydrogen) atoms. The van der Waals surface area contributed by atoms with Crippen LogP contribution in [0.1, 0.15) is 22.8 Å². The normalized spacial score (nSPS) is 11.4. The average molecular weight is 453 g/mol. The Morgan fingerprint density at radius 2 is 1.68 bits per heavy atom. The molecule has 0 unspecified atom stereocenters. The summed E-state index contributed by atoms with van der Waals surface area (Å²) in [4.78, 5) is 34.6. The van der Waals surface area contributed by atoms with E-state index in [1.807, 2.05) is 24.3 Å². The molecule has 2 rings (SSSR count). The van der Waals surface area contributed by atoms with Crippen LogP contribution in [0.15, 0.2) is 48.5 Å². The lowest BCUT2D eigenvalue weighted by Gasteiger charge is -2.15. The molecule has 0 saturated heterocycles. The van der Waals surface area contributed by atoms with Gasteiger partial charge in [-0.3, -0.25) is 9.59 Å². The monoisotopic (exact) mass is 453 g/mol. The Hall–Kier alpha value is -2.42. The van der Waals surface area contributed by atoms with Gasteiger partial charge in [0.05, 0.1) is 0 Å². The molecule has 130 valence electrons. The Kier molecular flexibility index (Phi) is 6.51. The van der Waals surface area contributed by atoms with Crippen LogP contribution in [0.3, 0.4) is 0 Å². The molecule has 2 aromatic rings. The molecule has 0 heterocycles. The van der Waals surface area contributed by atoms with E-state index in [1.165, 1.54) is 31.2 Å². The van der Waals surface area contributed by atoms with Crippen LogP contribution in [-0.4, -0.2) is 29.0 Å². The number of hydrogen-bond acceptors (Lipinski definition) is 4. The predicted molar refractivity (Wildman–Crippen MR) is 99.5 cm³/mol. The number of aliphatic carboxylic acids is 1. The van der Waals surface area contributed by atoms with Gasteiger partial charge in [-0.25, -0.2) is 4.79 Å². The largest absolute Gasteiger partial charge is 0.480 e. The van der Waals surface area contributed by atoms with Gasteiger partial charge in [-0.05, 0) is 64.6 Å². The molecule has 1 atom stereocenters. The van der Waals surface area contributed by atoms with Crippen LogP contribution in [0.2, 0.25) is 0 Å². The van der Waals surface area contributed by atoms with E-state index in [0.29, 0.717) is 5.75 Å². The Morgan fingerprint density at radius 3 is 2.20 bits per heavy atom. The summed E-state index contributed by atoms with van der Waals surface area (Å²) in [6, 6.07) is 12.3. The molecule has 7 heteroatoms. The summed E-state index contributed by atoms with van der Waals surface area (Å²) in [5.41, 5.74) is 1.10. The van der Waals surface area contributed by atoms with E-state index in [-0.39, 0.29) is 12.0 Å². The molecule has 1 amide bonds. The second kappa shape index (κ2) is 8.61. The SMILES string of the molecule is CC(=O)Oc1ccc(C(=O)N[C@H](Cc2ccc(I)cc2)C(=O)O)cc1. The number of carbonyl (C=O) groups is 3. The van der Waals surface area contributed by atoms with Crippen molar-refractivity contribution >= 4 is 40.4 Å². The van der Waals surface area contributed by atoms with Gasteiger partial charge in [-0.2, -0.15) is 0 Å². The Morgan fingerprint density at radius 1 is 1.08 bits per heavy atom. The highest BCUT2D eigenvalue weighted by atomic mass is 127. The van der Waals surface area contributed by atoms with E-state index in [2.05, 4.69) is 27.9 Å². The lowest BCUT2D eigenvalue weighted by Crippen LogP contribution is -2.42. The molecule has 0 aliphatic rings. The Balaban J connectivity index is 2.05. The zero-order valence-electron chi connectivity index (χ0n) is 13.4. The number of amides is 1. The van der Waals surface area contributed by atoms with Crippen molar-refractivity contribution in [2.24, 2.45) is 0 Å². The smallest absolute Gasteiger partial charge is 0.326 e. The number of rotatable bonds is 6. The first-order valence-corrected chi connectivity index (χ1v) is 8.49. The molecule has 6 nitrogen and oxygen atoms in total. The molecule has 0 aliphatic heterocycles. The lowest BCUT2D eigenvalue weighted by atomic mass is 10.1. The topological polar surface area (TPSA) is 92.7 Å². The van der Waals surface area contributed by atoms with Crippen molar-refractivity contribution < 1.29 is 24.2 Å². The molecule has 0 aromatic heterocycles. The number of nitrogens with one attached hydrogen (secondary N) is 1. The van der Waals surface area contributed by atoms with Crippen LogP contribution in [0.4, 0.5) is 0 Å². The Bertz CT molecular complexity index is 771. The minimum Gasteiger partial charge on any atom is -0.480 e. The number of esters is 1. The van der Waals surface area contributed by atoms with Crippen LogP contribution >= 0.6 is 22.6 Å². The van der Waals surface area contributed by atoms with Gasteiger partial charge in [0.2, 0.25) is 0 Å². The van der Waals surface area contributed by atoms with E-state index in [4.69, 9.17) is 4.74 Å². The van der Waals surface area contributed by atoms with Crippen molar-refractivity contribution in [3.05, 3.63) is 63.2 Å². The Labute approximate surface area is 158 Å². The standard InChI is InChI=1S/C18H16INO5/c1-11(21)25-15-8-4-13(5-9-15)17(22)20-16(18(23)24)10-12-2-6-14(19)7-3-12/h2-9,16H,10H2,1H3,(H,20,22)(H,23,24)/t16-/m1/s1. The first-order chi connectivity index (χ1) is 11.8. The number of carboxylic acid groups (broad SMARTS) is 1. The van der Waals surface area contributed by atoms with Crippen molar-refractivity contribution in [2.45, 2.75) is 19.4 Å². The van der Waals surface area contributed by atoms with Gasteiger partial charge in [-0.15, -0.1) is 0 Å². The van der Waals surface area contributed by atoms with Crippen molar-refractivity contribution in [2.75, 3.05) is 0 Å². The van der Waals surface area contributed by atoms with Gasteiger partial charge >= 0.3 is 11.9 Å². The highest BCUT2D eigenvalue weighted by molar-refractivity contribution is 14.1. The van der Waals surface area contributed by atoms with Crippen LogP contribution in [0, 0.1) is 3.57 Å². The molecule has 0 aliphatic carbocycles. The third kappa shape index (κ3) is 5.86. The summed E-state index contributed by atoms with van der Waals surface area (Å²) in [5, 5.41) is 11.9. The molecule has 2 aromatic carbocycles. The number of ether oxygens (including phenoxy) is 1. The highest BCUT2D eigenvalue weighted by Gasteiger charge is 2.21. The van der Waals surface area contributed by atoms with E-state index in [0.717, 1.165) is 9.13 Å². The molecular weight excluding hydrogens is 437 g/mol. The molecule has 0 saturated carbocycles. The summed E-state index contributed by atoms with van der Waals surface area (Å²) in [5.74, 6) is -1.76.